The summed E-state index contributed by atoms with van der Waals surface area (Å²) in [6, 6.07) is 1.32. The molecule has 6 nitrogen and oxygen atoms in total. The second-order valence-electron chi connectivity index (χ2n) is 4.40. The first-order valence-corrected chi connectivity index (χ1v) is 5.69. The number of carbonyl (C=O) groups excluding carboxylic acids is 1. The van der Waals surface area contributed by atoms with Gasteiger partial charge in [-0.3, -0.25) is 0 Å². The SMILES string of the molecule is CCN(C(=O)NCc1ccoc1)C(C)(C)C(=O)O. The van der Waals surface area contributed by atoms with Crippen LogP contribution in [0.3, 0.4) is 0 Å². The van der Waals surface area contributed by atoms with E-state index in [1.165, 1.54) is 31.3 Å². The molecule has 0 spiro atoms. The van der Waals surface area contributed by atoms with E-state index in [9.17, 15) is 9.59 Å². The van der Waals surface area contributed by atoms with Gasteiger partial charge in [-0.25, -0.2) is 9.59 Å². The van der Waals surface area contributed by atoms with E-state index in [4.69, 9.17) is 9.52 Å². The lowest BCUT2D eigenvalue weighted by Gasteiger charge is -2.34. The number of urea groups is 1. The topological polar surface area (TPSA) is 82.8 Å². The van der Waals surface area contributed by atoms with E-state index >= 15 is 0 Å². The minimum Gasteiger partial charge on any atom is -0.480 e. The normalized spacial score (nSPS) is 11.1. The molecule has 0 aliphatic rings. The van der Waals surface area contributed by atoms with Crippen molar-refractivity contribution in [3.8, 4) is 0 Å². The fourth-order valence-corrected chi connectivity index (χ4v) is 1.57. The van der Waals surface area contributed by atoms with E-state index in [1.807, 2.05) is 0 Å². The molecule has 0 saturated carbocycles. The monoisotopic (exact) mass is 254 g/mol. The smallest absolute Gasteiger partial charge is 0.329 e. The first-order valence-electron chi connectivity index (χ1n) is 5.69. The Morgan fingerprint density at radius 2 is 2.17 bits per heavy atom. The Bertz CT molecular complexity index is 412. The van der Waals surface area contributed by atoms with E-state index in [0.717, 1.165) is 5.56 Å². The highest BCUT2D eigenvalue weighted by Gasteiger charge is 2.36. The van der Waals surface area contributed by atoms with Gasteiger partial charge in [0.25, 0.3) is 0 Å². The van der Waals surface area contributed by atoms with Gasteiger partial charge in [-0.05, 0) is 26.8 Å². The molecule has 0 fully saturated rings. The van der Waals surface area contributed by atoms with Gasteiger partial charge in [-0.2, -0.15) is 0 Å². The Kier molecular flexibility index (Phi) is 4.36. The minimum atomic E-state index is -1.24. The molecule has 1 heterocycles. The Morgan fingerprint density at radius 1 is 1.50 bits per heavy atom. The van der Waals surface area contributed by atoms with Crippen LogP contribution < -0.4 is 5.32 Å². The molecule has 0 aliphatic heterocycles. The van der Waals surface area contributed by atoms with Crippen molar-refractivity contribution in [3.05, 3.63) is 24.2 Å². The molecule has 1 aromatic heterocycles. The summed E-state index contributed by atoms with van der Waals surface area (Å²) in [5.41, 5.74) is -0.414. The number of amides is 2. The fourth-order valence-electron chi connectivity index (χ4n) is 1.57. The molecule has 0 radical (unpaired) electrons. The van der Waals surface area contributed by atoms with Gasteiger partial charge in [0.1, 0.15) is 5.54 Å². The third-order valence-corrected chi connectivity index (χ3v) is 2.78. The van der Waals surface area contributed by atoms with Crippen LogP contribution in [0.25, 0.3) is 0 Å². The van der Waals surface area contributed by atoms with Crippen LogP contribution in [-0.4, -0.2) is 34.1 Å². The second kappa shape index (κ2) is 5.57. The standard InChI is InChI=1S/C12H18N2O4/c1-4-14(12(2,3)10(15)16)11(17)13-7-9-5-6-18-8-9/h5-6,8H,4,7H2,1-3H3,(H,13,17)(H,15,16). The van der Waals surface area contributed by atoms with Crippen molar-refractivity contribution < 1.29 is 19.1 Å². The first-order chi connectivity index (χ1) is 8.39. The van der Waals surface area contributed by atoms with Crippen molar-refractivity contribution in [2.24, 2.45) is 0 Å². The molecule has 1 rings (SSSR count). The highest BCUT2D eigenvalue weighted by atomic mass is 16.4. The zero-order chi connectivity index (χ0) is 13.8. The highest BCUT2D eigenvalue weighted by molar-refractivity contribution is 5.85. The summed E-state index contributed by atoms with van der Waals surface area (Å²) in [5, 5.41) is 11.8. The van der Waals surface area contributed by atoms with Gasteiger partial charge in [0.05, 0.1) is 12.5 Å². The number of carboxylic acids is 1. The number of furan rings is 1. The molecule has 0 bridgehead atoms. The van der Waals surface area contributed by atoms with E-state index in [-0.39, 0.29) is 0 Å². The summed E-state index contributed by atoms with van der Waals surface area (Å²) in [7, 11) is 0. The van der Waals surface area contributed by atoms with Crippen LogP contribution in [0.5, 0.6) is 0 Å². The van der Waals surface area contributed by atoms with Gasteiger partial charge in [0.15, 0.2) is 0 Å². The van der Waals surface area contributed by atoms with Gasteiger partial charge in [0.2, 0.25) is 0 Å². The van der Waals surface area contributed by atoms with Crippen molar-refractivity contribution in [3.63, 3.8) is 0 Å². The van der Waals surface area contributed by atoms with E-state index < -0.39 is 17.5 Å². The first kappa shape index (κ1) is 14.1. The van der Waals surface area contributed by atoms with E-state index in [0.29, 0.717) is 13.1 Å². The fraction of sp³-hybridized carbons (Fsp3) is 0.500. The van der Waals surface area contributed by atoms with Crippen LogP contribution in [0.4, 0.5) is 4.79 Å². The molecular weight excluding hydrogens is 236 g/mol. The second-order valence-corrected chi connectivity index (χ2v) is 4.40. The molecule has 2 amide bonds. The quantitative estimate of drug-likeness (QED) is 0.837. The number of hydrogen-bond donors (Lipinski definition) is 2. The number of hydrogen-bond acceptors (Lipinski definition) is 3. The number of likely N-dealkylation sites (N-methyl/N-ethyl adjacent to an activating group) is 1. The number of carboxylic acid groups (broad SMARTS) is 1. The van der Waals surface area contributed by atoms with Gasteiger partial charge in [0, 0.05) is 18.7 Å². The lowest BCUT2D eigenvalue weighted by Crippen LogP contribution is -2.55. The van der Waals surface area contributed by atoms with Gasteiger partial charge in [-0.15, -0.1) is 0 Å². The molecule has 18 heavy (non-hydrogen) atoms. The van der Waals surface area contributed by atoms with Crippen molar-refractivity contribution in [1.82, 2.24) is 10.2 Å². The molecule has 0 unspecified atom stereocenters. The van der Waals surface area contributed by atoms with Crippen molar-refractivity contribution in [2.45, 2.75) is 32.9 Å². The zero-order valence-corrected chi connectivity index (χ0v) is 10.8. The largest absolute Gasteiger partial charge is 0.480 e. The van der Waals surface area contributed by atoms with Crippen LogP contribution >= 0.6 is 0 Å². The summed E-state index contributed by atoms with van der Waals surface area (Å²) < 4.78 is 4.88. The molecule has 1 aromatic rings. The van der Waals surface area contributed by atoms with Crippen LogP contribution in [0.15, 0.2) is 23.0 Å². The van der Waals surface area contributed by atoms with Gasteiger partial charge < -0.3 is 19.7 Å². The maximum atomic E-state index is 11.9. The molecule has 100 valence electrons. The third kappa shape index (κ3) is 3.03. The molecular formula is C12H18N2O4. The third-order valence-electron chi connectivity index (χ3n) is 2.78. The maximum absolute atomic E-state index is 11.9. The summed E-state index contributed by atoms with van der Waals surface area (Å²) in [6.07, 6.45) is 3.04. The molecule has 0 atom stereocenters. The summed E-state index contributed by atoms with van der Waals surface area (Å²) in [4.78, 5) is 24.3. The minimum absolute atomic E-state index is 0.307. The van der Waals surface area contributed by atoms with Gasteiger partial charge >= 0.3 is 12.0 Å². The molecule has 0 aromatic carbocycles. The van der Waals surface area contributed by atoms with E-state index in [1.54, 1.807) is 13.0 Å². The average molecular weight is 254 g/mol. The predicted octanol–water partition coefficient (Wildman–Crippen LogP) is 1.67. The number of nitrogens with zero attached hydrogens (tertiary/aromatic N) is 1. The summed E-state index contributed by atoms with van der Waals surface area (Å²) in [5.74, 6) is -1.04. The predicted molar refractivity (Wildman–Crippen MR) is 65.0 cm³/mol. The number of aliphatic carboxylic acids is 1. The lowest BCUT2D eigenvalue weighted by atomic mass is 10.0. The molecule has 0 aliphatic carbocycles. The average Bonchev–Trinajstić information content (AvgIpc) is 2.79. The van der Waals surface area contributed by atoms with Crippen molar-refractivity contribution in [1.29, 1.82) is 0 Å². The molecule has 6 heteroatoms. The van der Waals surface area contributed by atoms with Crippen LogP contribution in [-0.2, 0) is 11.3 Å². The highest BCUT2D eigenvalue weighted by Crippen LogP contribution is 2.14. The number of rotatable bonds is 5. The van der Waals surface area contributed by atoms with Crippen molar-refractivity contribution >= 4 is 12.0 Å². The zero-order valence-electron chi connectivity index (χ0n) is 10.8. The maximum Gasteiger partial charge on any atom is 0.329 e. The number of carbonyl (C=O) groups is 2. The van der Waals surface area contributed by atoms with Gasteiger partial charge in [-0.1, -0.05) is 0 Å². The Balaban J connectivity index is 2.65. The Hall–Kier alpha value is -1.98. The Labute approximate surface area is 106 Å². The van der Waals surface area contributed by atoms with Crippen LogP contribution in [0.1, 0.15) is 26.3 Å². The lowest BCUT2D eigenvalue weighted by molar-refractivity contribution is -0.147. The Morgan fingerprint density at radius 3 is 2.61 bits per heavy atom. The number of nitrogens with one attached hydrogen (secondary N) is 1. The van der Waals surface area contributed by atoms with Crippen LogP contribution in [0, 0.1) is 0 Å². The summed E-state index contributed by atoms with van der Waals surface area (Å²) >= 11 is 0. The van der Waals surface area contributed by atoms with Crippen molar-refractivity contribution in [2.75, 3.05) is 6.54 Å². The van der Waals surface area contributed by atoms with Crippen LogP contribution in [0.2, 0.25) is 0 Å². The molecule has 0 saturated heterocycles. The molecule has 2 N–H and O–H groups in total. The summed E-state index contributed by atoms with van der Waals surface area (Å²) in [6.45, 7) is 5.35. The van der Waals surface area contributed by atoms with E-state index in [2.05, 4.69) is 5.32 Å².